The van der Waals surface area contributed by atoms with Crippen LogP contribution in [0.5, 0.6) is 28.7 Å². The van der Waals surface area contributed by atoms with E-state index in [0.29, 0.717) is 59.7 Å². The predicted molar refractivity (Wildman–Crippen MR) is 165 cm³/mol. The summed E-state index contributed by atoms with van der Waals surface area (Å²) >= 11 is 0. The number of carbonyl (C=O) groups excluding carboxylic acids is 1. The van der Waals surface area contributed by atoms with Gasteiger partial charge in [-0.05, 0) is 67.8 Å². The van der Waals surface area contributed by atoms with E-state index in [-0.39, 0.29) is 11.5 Å². The molecule has 8 nitrogen and oxygen atoms in total. The van der Waals surface area contributed by atoms with Crippen LogP contribution in [-0.2, 0) is 0 Å². The second-order valence-corrected chi connectivity index (χ2v) is 10.3. The van der Waals surface area contributed by atoms with Gasteiger partial charge in [0.05, 0.1) is 31.3 Å². The fourth-order valence-electron chi connectivity index (χ4n) is 4.86. The minimum Gasteiger partial charge on any atom is -0.494 e. The summed E-state index contributed by atoms with van der Waals surface area (Å²) in [6.45, 7) is 7.91. The molecular formula is C35H40N2O6. The maximum Gasteiger partial charge on any atom is 0.343 e. The molecular weight excluding hydrogens is 544 g/mol. The number of rotatable bonds is 15. The third-order valence-corrected chi connectivity index (χ3v) is 7.11. The van der Waals surface area contributed by atoms with E-state index in [4.69, 9.17) is 29.4 Å². The molecule has 1 aliphatic heterocycles. The van der Waals surface area contributed by atoms with Gasteiger partial charge in [-0.3, -0.25) is 0 Å². The van der Waals surface area contributed by atoms with Gasteiger partial charge in [0.2, 0.25) is 5.88 Å². The zero-order chi connectivity index (χ0) is 30.6. The van der Waals surface area contributed by atoms with Crippen molar-refractivity contribution in [2.75, 3.05) is 19.8 Å². The first-order chi connectivity index (χ1) is 21.0. The number of nitrogens with two attached hydrogens (primary N) is 1. The van der Waals surface area contributed by atoms with E-state index in [2.05, 4.69) is 19.9 Å². The molecule has 0 spiro atoms. The number of nitriles is 1. The molecule has 4 rings (SSSR count). The van der Waals surface area contributed by atoms with Crippen molar-refractivity contribution >= 4 is 5.97 Å². The third-order valence-electron chi connectivity index (χ3n) is 7.11. The molecule has 1 aliphatic rings. The summed E-state index contributed by atoms with van der Waals surface area (Å²) in [7, 11) is 0. The Balaban J connectivity index is 1.54. The summed E-state index contributed by atoms with van der Waals surface area (Å²) in [6, 6.07) is 19.8. The van der Waals surface area contributed by atoms with Crippen molar-refractivity contribution in [2.45, 2.75) is 65.2 Å². The molecule has 1 atom stereocenters. The quantitative estimate of drug-likeness (QED) is 0.110. The molecule has 0 fully saturated rings. The predicted octanol–water partition coefficient (Wildman–Crippen LogP) is 7.66. The van der Waals surface area contributed by atoms with Crippen LogP contribution in [0, 0.1) is 11.3 Å². The van der Waals surface area contributed by atoms with E-state index in [9.17, 15) is 10.1 Å². The van der Waals surface area contributed by atoms with Crippen molar-refractivity contribution in [2.24, 2.45) is 5.73 Å². The Morgan fingerprint density at radius 1 is 0.837 bits per heavy atom. The number of hydrogen-bond acceptors (Lipinski definition) is 8. The number of carbonyl (C=O) groups is 1. The Bertz CT molecular complexity index is 1460. The van der Waals surface area contributed by atoms with E-state index in [1.54, 1.807) is 42.5 Å². The fraction of sp³-hybridized carbons (Fsp3) is 0.371. The first kappa shape index (κ1) is 31.3. The maximum atomic E-state index is 12.9. The molecule has 0 saturated heterocycles. The number of allylic oxidation sites excluding steroid dienone is 1. The van der Waals surface area contributed by atoms with Crippen molar-refractivity contribution in [1.29, 1.82) is 5.26 Å². The fourth-order valence-corrected chi connectivity index (χ4v) is 4.86. The number of ether oxygens (including phenoxy) is 5. The Kier molecular flexibility index (Phi) is 11.3. The van der Waals surface area contributed by atoms with Gasteiger partial charge in [0, 0.05) is 11.6 Å². The van der Waals surface area contributed by atoms with Crippen LogP contribution in [0.4, 0.5) is 0 Å². The minimum atomic E-state index is -0.512. The SMILES string of the molecule is CCCCCOc1ccc(C(=O)Oc2ccc3c(c2)OC(N)=C(C#N)C3c2ccc(OCCCCC)c(OCC)c2)cc1. The van der Waals surface area contributed by atoms with Gasteiger partial charge in [-0.2, -0.15) is 5.26 Å². The van der Waals surface area contributed by atoms with Gasteiger partial charge in [-0.15, -0.1) is 0 Å². The van der Waals surface area contributed by atoms with Gasteiger partial charge in [0.25, 0.3) is 0 Å². The van der Waals surface area contributed by atoms with Crippen LogP contribution < -0.4 is 29.4 Å². The molecule has 8 heteroatoms. The van der Waals surface area contributed by atoms with Crippen LogP contribution in [0.15, 0.2) is 72.1 Å². The Hall–Kier alpha value is -4.64. The van der Waals surface area contributed by atoms with Crippen LogP contribution >= 0.6 is 0 Å². The summed E-state index contributed by atoms with van der Waals surface area (Å²) in [5.74, 6) is 1.64. The summed E-state index contributed by atoms with van der Waals surface area (Å²) in [5, 5.41) is 10.0. The van der Waals surface area contributed by atoms with Gasteiger partial charge in [0.1, 0.15) is 28.9 Å². The lowest BCUT2D eigenvalue weighted by Crippen LogP contribution is -2.21. The lowest BCUT2D eigenvalue weighted by Gasteiger charge is -2.27. The van der Waals surface area contributed by atoms with Crippen molar-refractivity contribution in [3.8, 4) is 34.8 Å². The second kappa shape index (κ2) is 15.5. The normalized spacial score (nSPS) is 13.9. The van der Waals surface area contributed by atoms with E-state index in [0.717, 1.165) is 44.1 Å². The average Bonchev–Trinajstić information content (AvgIpc) is 3.01. The van der Waals surface area contributed by atoms with Gasteiger partial charge in [-0.25, -0.2) is 4.79 Å². The number of nitrogens with zero attached hydrogens (tertiary/aromatic N) is 1. The molecule has 226 valence electrons. The smallest absolute Gasteiger partial charge is 0.343 e. The lowest BCUT2D eigenvalue weighted by molar-refractivity contribution is 0.0734. The van der Waals surface area contributed by atoms with E-state index >= 15 is 0 Å². The van der Waals surface area contributed by atoms with Crippen molar-refractivity contribution in [3.63, 3.8) is 0 Å². The number of fused-ring (bicyclic) bond motifs is 1. The lowest BCUT2D eigenvalue weighted by atomic mass is 9.83. The molecule has 1 heterocycles. The van der Waals surface area contributed by atoms with Crippen molar-refractivity contribution < 1.29 is 28.5 Å². The first-order valence-electron chi connectivity index (χ1n) is 15.0. The highest BCUT2D eigenvalue weighted by Crippen LogP contribution is 2.45. The Labute approximate surface area is 254 Å². The number of hydrogen-bond donors (Lipinski definition) is 1. The molecule has 0 aromatic heterocycles. The third kappa shape index (κ3) is 8.01. The van der Waals surface area contributed by atoms with E-state index < -0.39 is 11.9 Å². The Morgan fingerprint density at radius 2 is 1.53 bits per heavy atom. The van der Waals surface area contributed by atoms with Gasteiger partial charge >= 0.3 is 5.97 Å². The molecule has 1 unspecified atom stereocenters. The molecule has 3 aromatic carbocycles. The van der Waals surface area contributed by atoms with E-state index in [1.165, 1.54) is 0 Å². The molecule has 43 heavy (non-hydrogen) atoms. The monoisotopic (exact) mass is 584 g/mol. The summed E-state index contributed by atoms with van der Waals surface area (Å²) in [4.78, 5) is 12.9. The number of benzene rings is 3. The molecule has 0 amide bonds. The van der Waals surface area contributed by atoms with Crippen LogP contribution in [0.25, 0.3) is 0 Å². The van der Waals surface area contributed by atoms with Crippen LogP contribution in [0.1, 0.15) is 86.7 Å². The van der Waals surface area contributed by atoms with Crippen LogP contribution in [0.2, 0.25) is 0 Å². The van der Waals surface area contributed by atoms with Crippen molar-refractivity contribution in [3.05, 3.63) is 88.8 Å². The molecule has 3 aromatic rings. The maximum absolute atomic E-state index is 12.9. The van der Waals surface area contributed by atoms with Gasteiger partial charge < -0.3 is 29.4 Å². The molecule has 0 aliphatic carbocycles. The second-order valence-electron chi connectivity index (χ2n) is 10.3. The molecule has 0 saturated carbocycles. The molecule has 2 N–H and O–H groups in total. The van der Waals surface area contributed by atoms with Crippen LogP contribution in [0.3, 0.4) is 0 Å². The zero-order valence-electron chi connectivity index (χ0n) is 25.2. The average molecular weight is 585 g/mol. The minimum absolute atomic E-state index is 0.00384. The number of esters is 1. The van der Waals surface area contributed by atoms with Gasteiger partial charge in [-0.1, -0.05) is 51.7 Å². The standard InChI is InChI=1S/C35H40N2O6/c1-4-7-9-19-40-26-14-11-24(12-15-26)35(38)42-27-16-17-28-31(22-27)43-34(37)29(23-36)33(28)25-13-18-30(32(21-25)39-6-3)41-20-10-8-5-2/h11-18,21-22,33H,4-10,19-20,37H2,1-3H3. The summed E-state index contributed by atoms with van der Waals surface area (Å²) in [5.41, 5.74) is 8.42. The topological polar surface area (TPSA) is 113 Å². The van der Waals surface area contributed by atoms with Crippen molar-refractivity contribution in [1.82, 2.24) is 0 Å². The highest BCUT2D eigenvalue weighted by atomic mass is 16.5. The van der Waals surface area contributed by atoms with E-state index in [1.807, 2.05) is 25.1 Å². The van der Waals surface area contributed by atoms with Gasteiger partial charge in [0.15, 0.2) is 11.5 Å². The van der Waals surface area contributed by atoms with Crippen LogP contribution in [-0.4, -0.2) is 25.8 Å². The highest BCUT2D eigenvalue weighted by Gasteiger charge is 2.32. The summed E-state index contributed by atoms with van der Waals surface area (Å²) < 4.78 is 29.1. The summed E-state index contributed by atoms with van der Waals surface area (Å²) in [6.07, 6.45) is 6.39. The zero-order valence-corrected chi connectivity index (χ0v) is 25.2. The molecule has 0 radical (unpaired) electrons. The highest BCUT2D eigenvalue weighted by molar-refractivity contribution is 5.91. The Morgan fingerprint density at radius 3 is 2.21 bits per heavy atom. The molecule has 0 bridgehead atoms. The first-order valence-corrected chi connectivity index (χ1v) is 15.0. The number of unbranched alkanes of at least 4 members (excludes halogenated alkanes) is 4. The largest absolute Gasteiger partial charge is 0.494 e.